The topological polar surface area (TPSA) is 134 Å². The minimum atomic E-state index is -4.16. The molecule has 0 unspecified atom stereocenters. The first kappa shape index (κ1) is 26.4. The van der Waals surface area contributed by atoms with Gasteiger partial charge in [-0.05, 0) is 43.7 Å². The Morgan fingerprint density at radius 1 is 1.11 bits per heavy atom. The average Bonchev–Trinajstić information content (AvgIpc) is 3.28. The summed E-state index contributed by atoms with van der Waals surface area (Å²) in [6.45, 7) is 3.27. The molecule has 3 heterocycles. The number of aromatic nitrogens is 6. The Balaban J connectivity index is 1.79. The van der Waals surface area contributed by atoms with Crippen LogP contribution in [-0.4, -0.2) is 57.6 Å². The van der Waals surface area contributed by atoms with Crippen LogP contribution in [0, 0.1) is 12.7 Å². The number of benzene rings is 1. The number of sulfonamides is 1. The summed E-state index contributed by atoms with van der Waals surface area (Å²) < 4.78 is 55.1. The highest BCUT2D eigenvalue weighted by Crippen LogP contribution is 2.32. The number of pyridine rings is 1. The standard InChI is InChI=1S/C23H23ClFN7O4S/c1-13-11-26-21(27-12-13)20(36-4)14(2)37(33,34)31-23-30-29-22(17-6-5-7-19(28-17)35-3)32(23)18-9-8-15(25)10-16(18)24/h5-12,14,20H,1-4H3,(H,30,31)/t14-,20-/m0/s1. The maximum atomic E-state index is 13.8. The van der Waals surface area contributed by atoms with Gasteiger partial charge >= 0.3 is 0 Å². The van der Waals surface area contributed by atoms with E-state index in [2.05, 4.69) is 29.9 Å². The monoisotopic (exact) mass is 547 g/mol. The summed E-state index contributed by atoms with van der Waals surface area (Å²) in [6.07, 6.45) is 2.16. The molecule has 4 rings (SSSR count). The molecule has 4 aromatic rings. The van der Waals surface area contributed by atoms with Crippen molar-refractivity contribution >= 4 is 27.6 Å². The van der Waals surface area contributed by atoms with Crippen LogP contribution < -0.4 is 9.46 Å². The molecule has 1 N–H and O–H groups in total. The number of methoxy groups -OCH3 is 2. The van der Waals surface area contributed by atoms with Gasteiger partial charge in [0, 0.05) is 25.6 Å². The fourth-order valence-electron chi connectivity index (χ4n) is 3.50. The van der Waals surface area contributed by atoms with E-state index in [1.807, 2.05) is 6.92 Å². The number of anilines is 1. The van der Waals surface area contributed by atoms with E-state index in [4.69, 9.17) is 21.1 Å². The van der Waals surface area contributed by atoms with E-state index in [0.29, 0.717) is 11.6 Å². The van der Waals surface area contributed by atoms with Gasteiger partial charge in [-0.25, -0.2) is 27.8 Å². The first-order chi connectivity index (χ1) is 17.6. The van der Waals surface area contributed by atoms with E-state index in [0.717, 1.165) is 11.6 Å². The second-order valence-corrected chi connectivity index (χ2v) is 10.4. The van der Waals surface area contributed by atoms with E-state index in [1.165, 1.54) is 37.8 Å². The van der Waals surface area contributed by atoms with Crippen molar-refractivity contribution in [3.63, 3.8) is 0 Å². The Morgan fingerprint density at radius 3 is 2.49 bits per heavy atom. The molecule has 0 aliphatic carbocycles. The highest BCUT2D eigenvalue weighted by molar-refractivity contribution is 7.93. The van der Waals surface area contributed by atoms with Crippen LogP contribution in [0.1, 0.15) is 24.4 Å². The van der Waals surface area contributed by atoms with Crippen LogP contribution in [0.15, 0.2) is 48.8 Å². The van der Waals surface area contributed by atoms with Gasteiger partial charge in [0.1, 0.15) is 22.9 Å². The summed E-state index contributed by atoms with van der Waals surface area (Å²) in [6, 6.07) is 8.61. The molecule has 0 fully saturated rings. The summed E-state index contributed by atoms with van der Waals surface area (Å²) in [5, 5.41) is 7.03. The molecule has 0 radical (unpaired) electrons. The summed E-state index contributed by atoms with van der Waals surface area (Å²) in [5.74, 6) is -0.119. The molecule has 3 aromatic heterocycles. The molecule has 194 valence electrons. The van der Waals surface area contributed by atoms with E-state index in [9.17, 15) is 12.8 Å². The molecule has 14 heteroatoms. The molecule has 2 atom stereocenters. The van der Waals surface area contributed by atoms with Crippen molar-refractivity contribution in [3.05, 3.63) is 71.0 Å². The van der Waals surface area contributed by atoms with Crippen molar-refractivity contribution in [3.8, 4) is 23.1 Å². The van der Waals surface area contributed by atoms with Gasteiger partial charge in [0.2, 0.25) is 21.9 Å². The van der Waals surface area contributed by atoms with Gasteiger partial charge < -0.3 is 9.47 Å². The minimum Gasteiger partial charge on any atom is -0.481 e. The van der Waals surface area contributed by atoms with E-state index >= 15 is 0 Å². The van der Waals surface area contributed by atoms with Gasteiger partial charge in [-0.3, -0.25) is 9.29 Å². The third-order valence-corrected chi connectivity index (χ3v) is 7.43. The summed E-state index contributed by atoms with van der Waals surface area (Å²) in [5.41, 5.74) is 1.35. The first-order valence-corrected chi connectivity index (χ1v) is 12.8. The molecule has 11 nitrogen and oxygen atoms in total. The average molecular weight is 548 g/mol. The van der Waals surface area contributed by atoms with Gasteiger partial charge in [0.05, 0.1) is 17.8 Å². The van der Waals surface area contributed by atoms with Crippen molar-refractivity contribution in [1.82, 2.24) is 29.7 Å². The van der Waals surface area contributed by atoms with Crippen LogP contribution in [0.25, 0.3) is 17.2 Å². The molecule has 1 aromatic carbocycles. The van der Waals surface area contributed by atoms with Crippen LogP contribution >= 0.6 is 11.6 Å². The summed E-state index contributed by atoms with van der Waals surface area (Å²) in [7, 11) is -1.33. The maximum Gasteiger partial charge on any atom is 0.243 e. The Morgan fingerprint density at radius 2 is 1.84 bits per heavy atom. The number of halogens is 2. The molecule has 0 saturated heterocycles. The Bertz CT molecular complexity index is 1520. The lowest BCUT2D eigenvalue weighted by molar-refractivity contribution is 0.0949. The van der Waals surface area contributed by atoms with E-state index in [-0.39, 0.29) is 28.3 Å². The van der Waals surface area contributed by atoms with Crippen LogP contribution in [0.5, 0.6) is 5.88 Å². The number of hydrogen-bond acceptors (Lipinski definition) is 9. The smallest absolute Gasteiger partial charge is 0.243 e. The second-order valence-electron chi connectivity index (χ2n) is 7.97. The molecule has 37 heavy (non-hydrogen) atoms. The number of nitrogens with one attached hydrogen (secondary N) is 1. The molecule has 0 spiro atoms. The molecule has 0 aliphatic rings. The van der Waals surface area contributed by atoms with Crippen molar-refractivity contribution in [2.24, 2.45) is 0 Å². The third kappa shape index (κ3) is 5.53. The maximum absolute atomic E-state index is 13.8. The summed E-state index contributed by atoms with van der Waals surface area (Å²) in [4.78, 5) is 12.8. The van der Waals surface area contributed by atoms with Gasteiger partial charge in [-0.15, -0.1) is 10.2 Å². The van der Waals surface area contributed by atoms with Crippen LogP contribution in [-0.2, 0) is 14.8 Å². The normalized spacial score (nSPS) is 13.2. The second kappa shape index (κ2) is 10.7. The van der Waals surface area contributed by atoms with Crippen LogP contribution in [0.3, 0.4) is 0 Å². The van der Waals surface area contributed by atoms with E-state index < -0.39 is 27.2 Å². The van der Waals surface area contributed by atoms with Crippen molar-refractivity contribution < 1.29 is 22.3 Å². The molecule has 0 saturated carbocycles. The lowest BCUT2D eigenvalue weighted by Crippen LogP contribution is -2.33. The predicted octanol–water partition coefficient (Wildman–Crippen LogP) is 3.75. The number of hydrogen-bond donors (Lipinski definition) is 1. The van der Waals surface area contributed by atoms with Crippen LogP contribution in [0.2, 0.25) is 5.02 Å². The SMILES string of the molecule is COc1cccc(-c2nnc(NS(=O)(=O)[C@@H](C)[C@H](OC)c3ncc(C)cn3)n2-c2ccc(F)cc2Cl)n1. The summed E-state index contributed by atoms with van der Waals surface area (Å²) >= 11 is 6.34. The van der Waals surface area contributed by atoms with Gasteiger partial charge in [0.25, 0.3) is 0 Å². The molecular formula is C23H23ClFN7O4S. The lowest BCUT2D eigenvalue weighted by Gasteiger charge is -2.22. The zero-order chi connectivity index (χ0) is 26.7. The first-order valence-electron chi connectivity index (χ1n) is 10.9. The molecule has 0 amide bonds. The molecular weight excluding hydrogens is 525 g/mol. The Labute approximate surface area is 217 Å². The van der Waals surface area contributed by atoms with Crippen LogP contribution in [0.4, 0.5) is 10.3 Å². The number of rotatable bonds is 9. The van der Waals surface area contributed by atoms with Gasteiger partial charge in [-0.1, -0.05) is 17.7 Å². The van der Waals surface area contributed by atoms with Crippen molar-refractivity contribution in [2.45, 2.75) is 25.2 Å². The van der Waals surface area contributed by atoms with Crippen molar-refractivity contribution in [1.29, 1.82) is 0 Å². The fraction of sp³-hybridized carbons (Fsp3) is 0.261. The Kier molecular flexibility index (Phi) is 7.66. The predicted molar refractivity (Wildman–Crippen MR) is 135 cm³/mol. The van der Waals surface area contributed by atoms with Gasteiger partial charge in [-0.2, -0.15) is 0 Å². The lowest BCUT2D eigenvalue weighted by atomic mass is 10.2. The minimum absolute atomic E-state index is 0.000246. The zero-order valence-corrected chi connectivity index (χ0v) is 21.8. The molecule has 0 aliphatic heterocycles. The van der Waals surface area contributed by atoms with Crippen molar-refractivity contribution in [2.75, 3.05) is 18.9 Å². The highest BCUT2D eigenvalue weighted by Gasteiger charge is 2.34. The Hall–Kier alpha value is -3.68. The number of aryl methyl sites for hydroxylation is 1. The number of nitrogens with zero attached hydrogens (tertiary/aromatic N) is 6. The van der Waals surface area contributed by atoms with E-state index in [1.54, 1.807) is 30.6 Å². The van der Waals surface area contributed by atoms with Gasteiger partial charge in [0.15, 0.2) is 11.6 Å². The molecule has 0 bridgehead atoms. The fourth-order valence-corrected chi connectivity index (χ4v) is 4.88. The number of ether oxygens (including phenoxy) is 2. The highest BCUT2D eigenvalue weighted by atomic mass is 35.5. The quantitative estimate of drug-likeness (QED) is 0.332. The third-order valence-electron chi connectivity index (χ3n) is 5.43. The zero-order valence-electron chi connectivity index (χ0n) is 20.3. The largest absolute Gasteiger partial charge is 0.481 e.